The lowest BCUT2D eigenvalue weighted by atomic mass is 10.2. The minimum Gasteiger partial charge on any atom is -0.378 e. The van der Waals surface area contributed by atoms with Crippen molar-refractivity contribution in [3.63, 3.8) is 0 Å². The zero-order chi connectivity index (χ0) is 15.6. The van der Waals surface area contributed by atoms with Crippen LogP contribution in [0.3, 0.4) is 0 Å². The first-order valence-electron chi connectivity index (χ1n) is 8.36. The smallest absolute Gasteiger partial charge is 0.229 e. The summed E-state index contributed by atoms with van der Waals surface area (Å²) < 4.78 is 11.1. The molecule has 22 heavy (non-hydrogen) atoms. The number of ether oxygens (including phenoxy) is 2. The van der Waals surface area contributed by atoms with Crippen molar-refractivity contribution in [3.05, 3.63) is 30.3 Å². The van der Waals surface area contributed by atoms with Crippen LogP contribution in [0.2, 0.25) is 0 Å². The summed E-state index contributed by atoms with van der Waals surface area (Å²) in [5.74, 6) is 0.131. The third kappa shape index (κ3) is 5.43. The third-order valence-corrected chi connectivity index (χ3v) is 3.89. The molecule has 0 aliphatic carbocycles. The Morgan fingerprint density at radius 2 is 2.18 bits per heavy atom. The number of unbranched alkanes of at least 4 members (excludes halogenated alkanes) is 1. The summed E-state index contributed by atoms with van der Waals surface area (Å²) in [5.41, 5.74) is 0.972. The van der Waals surface area contributed by atoms with Crippen LogP contribution in [0.1, 0.15) is 39.0 Å². The minimum atomic E-state index is 0.131. The Hall–Kier alpha value is -1.39. The molecule has 0 aromatic heterocycles. The van der Waals surface area contributed by atoms with Gasteiger partial charge in [0.2, 0.25) is 5.91 Å². The van der Waals surface area contributed by atoms with Gasteiger partial charge in [0.15, 0.2) is 0 Å². The Morgan fingerprint density at radius 1 is 1.36 bits per heavy atom. The third-order valence-electron chi connectivity index (χ3n) is 3.89. The number of anilines is 1. The van der Waals surface area contributed by atoms with Gasteiger partial charge in [-0.1, -0.05) is 31.5 Å². The molecule has 4 nitrogen and oxygen atoms in total. The summed E-state index contributed by atoms with van der Waals surface area (Å²) in [4.78, 5) is 14.3. The molecule has 0 spiro atoms. The zero-order valence-corrected chi connectivity index (χ0v) is 13.5. The molecule has 0 radical (unpaired) electrons. The van der Waals surface area contributed by atoms with E-state index in [1.165, 1.54) is 0 Å². The lowest BCUT2D eigenvalue weighted by molar-refractivity contribution is -0.120. The molecule has 0 bridgehead atoms. The monoisotopic (exact) mass is 305 g/mol. The Labute approximate surface area is 133 Å². The molecule has 1 atom stereocenters. The van der Waals surface area contributed by atoms with Crippen LogP contribution in [-0.2, 0) is 14.3 Å². The summed E-state index contributed by atoms with van der Waals surface area (Å²) in [5, 5.41) is 0. The first-order valence-corrected chi connectivity index (χ1v) is 8.36. The number of carbonyl (C=O) groups excluding carboxylic acids is 1. The predicted octanol–water partition coefficient (Wildman–Crippen LogP) is 3.41. The van der Waals surface area contributed by atoms with E-state index in [1.54, 1.807) is 0 Å². The normalized spacial score (nSPS) is 17.6. The summed E-state index contributed by atoms with van der Waals surface area (Å²) in [6, 6.07) is 9.88. The topological polar surface area (TPSA) is 38.8 Å². The van der Waals surface area contributed by atoms with Crippen LogP contribution in [0.15, 0.2) is 30.3 Å². The van der Waals surface area contributed by atoms with Gasteiger partial charge in [0.1, 0.15) is 0 Å². The van der Waals surface area contributed by atoms with Gasteiger partial charge < -0.3 is 14.4 Å². The molecule has 1 aromatic rings. The molecule has 0 N–H and O–H groups in total. The number of hydrogen-bond donors (Lipinski definition) is 0. The maximum Gasteiger partial charge on any atom is 0.229 e. The van der Waals surface area contributed by atoms with E-state index < -0.39 is 0 Å². The molecular weight excluding hydrogens is 278 g/mol. The van der Waals surface area contributed by atoms with E-state index in [-0.39, 0.29) is 12.0 Å². The first kappa shape index (κ1) is 17.0. The van der Waals surface area contributed by atoms with Gasteiger partial charge in [0.25, 0.3) is 0 Å². The van der Waals surface area contributed by atoms with Crippen LogP contribution in [-0.4, -0.2) is 38.4 Å². The average molecular weight is 305 g/mol. The maximum atomic E-state index is 12.5. The number of rotatable bonds is 9. The van der Waals surface area contributed by atoms with E-state index >= 15 is 0 Å². The van der Waals surface area contributed by atoms with E-state index in [0.717, 1.165) is 44.5 Å². The van der Waals surface area contributed by atoms with Crippen LogP contribution < -0.4 is 4.90 Å². The summed E-state index contributed by atoms with van der Waals surface area (Å²) >= 11 is 0. The maximum absolute atomic E-state index is 12.5. The van der Waals surface area contributed by atoms with Gasteiger partial charge in [0, 0.05) is 18.8 Å². The van der Waals surface area contributed by atoms with E-state index in [2.05, 4.69) is 6.92 Å². The van der Waals surface area contributed by atoms with Gasteiger partial charge in [-0.3, -0.25) is 4.79 Å². The Kier molecular flexibility index (Phi) is 7.40. The van der Waals surface area contributed by atoms with Gasteiger partial charge in [0.05, 0.1) is 25.7 Å². The van der Waals surface area contributed by atoms with Crippen molar-refractivity contribution < 1.29 is 14.3 Å². The second-order valence-corrected chi connectivity index (χ2v) is 5.69. The van der Waals surface area contributed by atoms with Gasteiger partial charge >= 0.3 is 0 Å². The minimum absolute atomic E-state index is 0.131. The molecule has 1 aliphatic heterocycles. The molecule has 4 heteroatoms. The van der Waals surface area contributed by atoms with Crippen molar-refractivity contribution in [3.8, 4) is 0 Å². The fourth-order valence-corrected chi connectivity index (χ4v) is 2.61. The number of amides is 1. The number of para-hydroxylation sites is 1. The predicted molar refractivity (Wildman–Crippen MR) is 88.1 cm³/mol. The van der Waals surface area contributed by atoms with Gasteiger partial charge in [-0.2, -0.15) is 0 Å². The van der Waals surface area contributed by atoms with Gasteiger partial charge in [-0.05, 0) is 31.4 Å². The molecule has 1 amide bonds. The van der Waals surface area contributed by atoms with Crippen molar-refractivity contribution in [2.75, 3.05) is 31.3 Å². The van der Waals surface area contributed by atoms with Crippen molar-refractivity contribution in [2.24, 2.45) is 0 Å². The second kappa shape index (κ2) is 9.59. The molecule has 1 aliphatic rings. The van der Waals surface area contributed by atoms with Crippen molar-refractivity contribution in [1.82, 2.24) is 0 Å². The van der Waals surface area contributed by atoms with Crippen LogP contribution in [0.25, 0.3) is 0 Å². The molecular formula is C18H27NO3. The highest BCUT2D eigenvalue weighted by Crippen LogP contribution is 2.16. The van der Waals surface area contributed by atoms with E-state index in [9.17, 15) is 4.79 Å². The second-order valence-electron chi connectivity index (χ2n) is 5.69. The fourth-order valence-electron chi connectivity index (χ4n) is 2.61. The van der Waals surface area contributed by atoms with E-state index in [1.807, 2.05) is 35.2 Å². The standard InChI is InChI=1S/C18H27NO3/c1-2-3-12-19(16-8-5-4-6-9-16)18(20)11-14-21-15-17-10-7-13-22-17/h4-6,8-9,17H,2-3,7,10-15H2,1H3. The summed E-state index contributed by atoms with van der Waals surface area (Å²) in [6.45, 7) is 4.82. The zero-order valence-electron chi connectivity index (χ0n) is 13.5. The average Bonchev–Trinajstić information content (AvgIpc) is 3.06. The number of nitrogens with zero attached hydrogens (tertiary/aromatic N) is 1. The molecule has 122 valence electrons. The fraction of sp³-hybridized carbons (Fsp3) is 0.611. The molecule has 2 rings (SSSR count). The van der Waals surface area contributed by atoms with Crippen LogP contribution in [0.4, 0.5) is 5.69 Å². The number of carbonyl (C=O) groups is 1. The molecule has 1 fully saturated rings. The van der Waals surface area contributed by atoms with Crippen molar-refractivity contribution in [2.45, 2.75) is 45.1 Å². The lowest BCUT2D eigenvalue weighted by Gasteiger charge is -2.23. The highest BCUT2D eigenvalue weighted by Gasteiger charge is 2.17. The van der Waals surface area contributed by atoms with Crippen LogP contribution >= 0.6 is 0 Å². The van der Waals surface area contributed by atoms with Crippen molar-refractivity contribution in [1.29, 1.82) is 0 Å². The first-order chi connectivity index (χ1) is 10.8. The number of hydrogen-bond acceptors (Lipinski definition) is 3. The number of benzene rings is 1. The van der Waals surface area contributed by atoms with E-state index in [4.69, 9.17) is 9.47 Å². The molecule has 1 unspecified atom stereocenters. The highest BCUT2D eigenvalue weighted by molar-refractivity contribution is 5.93. The molecule has 1 heterocycles. The Balaban J connectivity index is 1.77. The SMILES string of the molecule is CCCCN(C(=O)CCOCC1CCCO1)c1ccccc1. The van der Waals surface area contributed by atoms with Crippen LogP contribution in [0.5, 0.6) is 0 Å². The van der Waals surface area contributed by atoms with Gasteiger partial charge in [-0.15, -0.1) is 0 Å². The quantitative estimate of drug-likeness (QED) is 0.656. The Bertz CT molecular complexity index is 429. The lowest BCUT2D eigenvalue weighted by Crippen LogP contribution is -2.32. The summed E-state index contributed by atoms with van der Waals surface area (Å²) in [7, 11) is 0. The summed E-state index contributed by atoms with van der Waals surface area (Å²) in [6.07, 6.45) is 4.92. The molecule has 1 saturated heterocycles. The van der Waals surface area contributed by atoms with Crippen LogP contribution in [0, 0.1) is 0 Å². The highest BCUT2D eigenvalue weighted by atomic mass is 16.5. The molecule has 1 aromatic carbocycles. The van der Waals surface area contributed by atoms with E-state index in [0.29, 0.717) is 19.6 Å². The Morgan fingerprint density at radius 3 is 2.86 bits per heavy atom. The molecule has 0 saturated carbocycles. The van der Waals surface area contributed by atoms with Gasteiger partial charge in [-0.25, -0.2) is 0 Å². The largest absolute Gasteiger partial charge is 0.378 e. The van der Waals surface area contributed by atoms with Crippen molar-refractivity contribution >= 4 is 11.6 Å².